The lowest BCUT2D eigenvalue weighted by Gasteiger charge is -2.16. The average Bonchev–Trinajstić information content (AvgIpc) is 2.28. The maximum absolute atomic E-state index is 9.97. The molecule has 2 unspecified atom stereocenters. The van der Waals surface area contributed by atoms with E-state index in [4.69, 9.17) is 10.5 Å². The number of aliphatic hydroxyl groups is 1. The summed E-state index contributed by atoms with van der Waals surface area (Å²) in [7, 11) is 0. The van der Waals surface area contributed by atoms with Crippen molar-refractivity contribution in [3.63, 3.8) is 0 Å². The highest BCUT2D eigenvalue weighted by molar-refractivity contribution is 5.28. The van der Waals surface area contributed by atoms with Gasteiger partial charge in [-0.05, 0) is 44.4 Å². The predicted octanol–water partition coefficient (Wildman–Crippen LogP) is 2.63. The SMILES string of the molecule is CCC(N)CC(O)c1ccc(OC(C)C)cc1. The van der Waals surface area contributed by atoms with Crippen LogP contribution in [0.5, 0.6) is 5.75 Å². The van der Waals surface area contributed by atoms with Gasteiger partial charge in [0.05, 0.1) is 12.2 Å². The molecule has 0 amide bonds. The summed E-state index contributed by atoms with van der Waals surface area (Å²) >= 11 is 0. The molecule has 96 valence electrons. The Morgan fingerprint density at radius 3 is 2.29 bits per heavy atom. The van der Waals surface area contributed by atoms with Gasteiger partial charge in [-0.25, -0.2) is 0 Å². The van der Waals surface area contributed by atoms with Gasteiger partial charge in [0.2, 0.25) is 0 Å². The standard InChI is InChI=1S/C14H23NO2/c1-4-12(15)9-14(16)11-5-7-13(8-6-11)17-10(2)3/h5-8,10,12,14,16H,4,9,15H2,1-3H3. The molecule has 0 aromatic heterocycles. The first-order valence-electron chi connectivity index (χ1n) is 6.23. The topological polar surface area (TPSA) is 55.5 Å². The Labute approximate surface area is 104 Å². The van der Waals surface area contributed by atoms with E-state index in [9.17, 15) is 5.11 Å². The van der Waals surface area contributed by atoms with Crippen LogP contribution in [0.15, 0.2) is 24.3 Å². The number of hydrogen-bond acceptors (Lipinski definition) is 3. The van der Waals surface area contributed by atoms with Crippen molar-refractivity contribution in [2.24, 2.45) is 5.73 Å². The van der Waals surface area contributed by atoms with Crippen LogP contribution in [-0.4, -0.2) is 17.3 Å². The number of nitrogens with two attached hydrogens (primary N) is 1. The second-order valence-electron chi connectivity index (χ2n) is 4.66. The molecule has 0 spiro atoms. The fourth-order valence-electron chi connectivity index (χ4n) is 1.63. The predicted molar refractivity (Wildman–Crippen MR) is 70.0 cm³/mol. The molecule has 1 rings (SSSR count). The van der Waals surface area contributed by atoms with E-state index in [1.165, 1.54) is 0 Å². The van der Waals surface area contributed by atoms with Gasteiger partial charge < -0.3 is 15.6 Å². The summed E-state index contributed by atoms with van der Waals surface area (Å²) < 4.78 is 5.54. The van der Waals surface area contributed by atoms with E-state index in [2.05, 4.69) is 0 Å². The fraction of sp³-hybridized carbons (Fsp3) is 0.571. The Hall–Kier alpha value is -1.06. The van der Waals surface area contributed by atoms with Crippen molar-refractivity contribution in [3.05, 3.63) is 29.8 Å². The molecule has 0 heterocycles. The minimum absolute atomic E-state index is 0.0524. The molecule has 1 aromatic carbocycles. The first-order valence-corrected chi connectivity index (χ1v) is 6.23. The van der Waals surface area contributed by atoms with Crippen LogP contribution >= 0.6 is 0 Å². The molecule has 0 saturated heterocycles. The lowest BCUT2D eigenvalue weighted by molar-refractivity contribution is 0.157. The minimum atomic E-state index is -0.488. The second kappa shape index (κ2) is 6.62. The molecule has 2 atom stereocenters. The van der Waals surface area contributed by atoms with Gasteiger partial charge in [-0.3, -0.25) is 0 Å². The molecule has 3 nitrogen and oxygen atoms in total. The molecule has 3 heteroatoms. The van der Waals surface area contributed by atoms with Crippen LogP contribution < -0.4 is 10.5 Å². The first kappa shape index (κ1) is 14.0. The molecule has 17 heavy (non-hydrogen) atoms. The molecule has 0 aliphatic rings. The van der Waals surface area contributed by atoms with Gasteiger partial charge in [-0.1, -0.05) is 19.1 Å². The number of rotatable bonds is 6. The van der Waals surface area contributed by atoms with E-state index < -0.39 is 6.10 Å². The highest BCUT2D eigenvalue weighted by Crippen LogP contribution is 2.22. The Morgan fingerprint density at radius 2 is 1.82 bits per heavy atom. The highest BCUT2D eigenvalue weighted by atomic mass is 16.5. The van der Waals surface area contributed by atoms with Gasteiger partial charge in [0.15, 0.2) is 0 Å². The minimum Gasteiger partial charge on any atom is -0.491 e. The fourth-order valence-corrected chi connectivity index (χ4v) is 1.63. The molecule has 0 aliphatic carbocycles. The Kier molecular flexibility index (Phi) is 5.45. The molecule has 0 radical (unpaired) electrons. The number of hydrogen-bond donors (Lipinski definition) is 2. The third kappa shape index (κ3) is 4.75. The van der Waals surface area contributed by atoms with E-state index in [1.807, 2.05) is 45.0 Å². The smallest absolute Gasteiger partial charge is 0.119 e. The Balaban J connectivity index is 2.60. The van der Waals surface area contributed by atoms with Crippen molar-refractivity contribution in [2.45, 2.75) is 51.9 Å². The van der Waals surface area contributed by atoms with Crippen molar-refractivity contribution in [1.29, 1.82) is 0 Å². The lowest BCUT2D eigenvalue weighted by atomic mass is 10.0. The van der Waals surface area contributed by atoms with Gasteiger partial charge in [0.1, 0.15) is 5.75 Å². The van der Waals surface area contributed by atoms with Crippen molar-refractivity contribution in [3.8, 4) is 5.75 Å². The van der Waals surface area contributed by atoms with Gasteiger partial charge in [0.25, 0.3) is 0 Å². The van der Waals surface area contributed by atoms with E-state index in [1.54, 1.807) is 0 Å². The van der Waals surface area contributed by atoms with E-state index in [0.717, 1.165) is 17.7 Å². The van der Waals surface area contributed by atoms with Crippen LogP contribution in [0, 0.1) is 0 Å². The number of ether oxygens (including phenoxy) is 1. The Bertz CT molecular complexity index is 321. The molecule has 3 N–H and O–H groups in total. The van der Waals surface area contributed by atoms with Crippen LogP contribution in [0.2, 0.25) is 0 Å². The van der Waals surface area contributed by atoms with Gasteiger partial charge in [0, 0.05) is 6.04 Å². The monoisotopic (exact) mass is 237 g/mol. The zero-order chi connectivity index (χ0) is 12.8. The molecule has 0 saturated carbocycles. The summed E-state index contributed by atoms with van der Waals surface area (Å²) in [5.74, 6) is 0.829. The van der Waals surface area contributed by atoms with E-state index in [0.29, 0.717) is 6.42 Å². The molecule has 0 fully saturated rings. The normalized spacial score (nSPS) is 14.7. The van der Waals surface area contributed by atoms with Crippen LogP contribution in [0.25, 0.3) is 0 Å². The van der Waals surface area contributed by atoms with Gasteiger partial charge >= 0.3 is 0 Å². The lowest BCUT2D eigenvalue weighted by Crippen LogP contribution is -2.21. The van der Waals surface area contributed by atoms with Crippen LogP contribution in [-0.2, 0) is 0 Å². The zero-order valence-corrected chi connectivity index (χ0v) is 10.9. The van der Waals surface area contributed by atoms with Crippen LogP contribution in [0.4, 0.5) is 0 Å². The van der Waals surface area contributed by atoms with E-state index >= 15 is 0 Å². The first-order chi connectivity index (χ1) is 8.02. The average molecular weight is 237 g/mol. The molecular formula is C14H23NO2. The third-order valence-corrected chi connectivity index (χ3v) is 2.69. The maximum atomic E-state index is 9.97. The van der Waals surface area contributed by atoms with Gasteiger partial charge in [-0.15, -0.1) is 0 Å². The summed E-state index contributed by atoms with van der Waals surface area (Å²) in [6.45, 7) is 6.00. The second-order valence-corrected chi connectivity index (χ2v) is 4.66. The number of benzene rings is 1. The van der Waals surface area contributed by atoms with Crippen molar-refractivity contribution in [2.75, 3.05) is 0 Å². The van der Waals surface area contributed by atoms with Gasteiger partial charge in [-0.2, -0.15) is 0 Å². The highest BCUT2D eigenvalue weighted by Gasteiger charge is 2.11. The summed E-state index contributed by atoms with van der Waals surface area (Å²) in [5.41, 5.74) is 6.72. The molecular weight excluding hydrogens is 214 g/mol. The van der Waals surface area contributed by atoms with E-state index in [-0.39, 0.29) is 12.1 Å². The number of aliphatic hydroxyl groups excluding tert-OH is 1. The van der Waals surface area contributed by atoms with Crippen LogP contribution in [0.3, 0.4) is 0 Å². The molecule has 1 aromatic rings. The van der Waals surface area contributed by atoms with Crippen molar-refractivity contribution in [1.82, 2.24) is 0 Å². The largest absolute Gasteiger partial charge is 0.491 e. The maximum Gasteiger partial charge on any atom is 0.119 e. The summed E-state index contributed by atoms with van der Waals surface area (Å²) in [5, 5.41) is 9.97. The quantitative estimate of drug-likeness (QED) is 0.799. The third-order valence-electron chi connectivity index (χ3n) is 2.69. The molecule has 0 aliphatic heterocycles. The summed E-state index contributed by atoms with van der Waals surface area (Å²) in [6.07, 6.45) is 1.16. The van der Waals surface area contributed by atoms with Crippen LogP contribution in [0.1, 0.15) is 45.3 Å². The summed E-state index contributed by atoms with van der Waals surface area (Å²) in [4.78, 5) is 0. The molecule has 0 bridgehead atoms. The Morgan fingerprint density at radius 1 is 1.24 bits per heavy atom. The zero-order valence-electron chi connectivity index (χ0n) is 10.9. The van der Waals surface area contributed by atoms with Crippen molar-refractivity contribution < 1.29 is 9.84 Å². The summed E-state index contributed by atoms with van der Waals surface area (Å²) in [6, 6.07) is 7.61. The van der Waals surface area contributed by atoms with Crippen molar-refractivity contribution >= 4 is 0 Å².